The van der Waals surface area contributed by atoms with Gasteiger partial charge in [-0.1, -0.05) is 0 Å². The molecular weight excluding hydrogens is 225 g/mol. The van der Waals surface area contributed by atoms with Crippen LogP contribution in [0, 0.1) is 0 Å². The van der Waals surface area contributed by atoms with Gasteiger partial charge in [0.05, 0.1) is 13.2 Å². The monoisotopic (exact) mass is 240 g/mol. The Morgan fingerprint density at radius 3 is 2.13 bits per heavy atom. The van der Waals surface area contributed by atoms with E-state index in [9.17, 15) is 13.3 Å². The Morgan fingerprint density at radius 2 is 1.80 bits per heavy atom. The molecule has 0 heterocycles. The van der Waals surface area contributed by atoms with E-state index in [2.05, 4.69) is 14.8 Å². The molecule has 0 radical (unpaired) electrons. The fourth-order valence-corrected chi connectivity index (χ4v) is 2.14. The number of halogens is 2. The fraction of sp³-hybridized carbons (Fsp3) is 0.667. The lowest BCUT2D eigenvalue weighted by molar-refractivity contribution is 0.0795. The van der Waals surface area contributed by atoms with Crippen LogP contribution >= 0.6 is 7.60 Å². The maximum atomic E-state index is 13.4. The van der Waals surface area contributed by atoms with Crippen LogP contribution in [0.25, 0.3) is 0 Å². The van der Waals surface area contributed by atoms with Gasteiger partial charge in [0.2, 0.25) is 0 Å². The van der Waals surface area contributed by atoms with Crippen molar-refractivity contribution in [1.29, 1.82) is 0 Å². The van der Waals surface area contributed by atoms with Gasteiger partial charge in [0.15, 0.2) is 0 Å². The summed E-state index contributed by atoms with van der Waals surface area (Å²) in [6.07, 6.45) is 1.69. The van der Waals surface area contributed by atoms with Crippen LogP contribution in [-0.2, 0) is 13.6 Å². The summed E-state index contributed by atoms with van der Waals surface area (Å²) in [4.78, 5) is 0. The van der Waals surface area contributed by atoms with Crippen molar-refractivity contribution in [1.82, 2.24) is 0 Å². The van der Waals surface area contributed by atoms with Crippen molar-refractivity contribution in [3.8, 4) is 0 Å². The minimum Gasteiger partial charge on any atom is -0.304 e. The standard InChI is InChI=1S/C9H15F2O3P/c1-4-7-8-9(10,11)15(12,13-5-2)14-6-3/h4,8H,5-6H2,1-3H3. The van der Waals surface area contributed by atoms with Gasteiger partial charge in [-0.15, -0.1) is 5.73 Å². The highest BCUT2D eigenvalue weighted by Gasteiger charge is 2.51. The zero-order valence-electron chi connectivity index (χ0n) is 9.00. The Bertz CT molecular complexity index is 286. The van der Waals surface area contributed by atoms with E-state index in [1.165, 1.54) is 26.8 Å². The van der Waals surface area contributed by atoms with Crippen molar-refractivity contribution in [2.24, 2.45) is 0 Å². The van der Waals surface area contributed by atoms with Gasteiger partial charge in [-0.25, -0.2) is 0 Å². The van der Waals surface area contributed by atoms with Gasteiger partial charge in [-0.3, -0.25) is 4.57 Å². The van der Waals surface area contributed by atoms with Crippen LogP contribution in [0.3, 0.4) is 0 Å². The maximum absolute atomic E-state index is 13.4. The van der Waals surface area contributed by atoms with Gasteiger partial charge in [-0.05, 0) is 26.8 Å². The molecule has 0 aliphatic carbocycles. The van der Waals surface area contributed by atoms with E-state index in [4.69, 9.17) is 0 Å². The molecule has 0 spiro atoms. The fourth-order valence-electron chi connectivity index (χ4n) is 0.812. The van der Waals surface area contributed by atoms with E-state index < -0.39 is 13.3 Å². The van der Waals surface area contributed by atoms with E-state index in [1.54, 1.807) is 0 Å². The molecule has 15 heavy (non-hydrogen) atoms. The Kier molecular flexibility index (Phi) is 5.99. The zero-order valence-corrected chi connectivity index (χ0v) is 9.89. The smallest absolute Gasteiger partial charge is 0.304 e. The molecule has 0 aliphatic rings. The van der Waals surface area contributed by atoms with Crippen molar-refractivity contribution in [3.05, 3.63) is 17.9 Å². The van der Waals surface area contributed by atoms with Crippen molar-refractivity contribution in [2.45, 2.75) is 26.4 Å². The minimum atomic E-state index is -4.42. The van der Waals surface area contributed by atoms with Crippen LogP contribution in [0.1, 0.15) is 20.8 Å². The maximum Gasteiger partial charge on any atom is 0.404 e. The first kappa shape index (κ1) is 14.5. The van der Waals surface area contributed by atoms with Crippen LogP contribution < -0.4 is 0 Å². The van der Waals surface area contributed by atoms with Gasteiger partial charge in [0, 0.05) is 6.08 Å². The van der Waals surface area contributed by atoms with Crippen LogP contribution in [0.15, 0.2) is 17.9 Å². The van der Waals surface area contributed by atoms with Crippen molar-refractivity contribution < 1.29 is 22.4 Å². The summed E-state index contributed by atoms with van der Waals surface area (Å²) in [7, 11) is -4.42. The average Bonchev–Trinajstić information content (AvgIpc) is 2.15. The molecule has 0 N–H and O–H groups in total. The predicted octanol–water partition coefficient (Wildman–Crippen LogP) is 3.58. The molecule has 88 valence electrons. The lowest BCUT2D eigenvalue weighted by Gasteiger charge is -2.22. The SMILES string of the molecule is CC=C=CC(F)(F)P(=O)(OCC)OCC. The van der Waals surface area contributed by atoms with Crippen molar-refractivity contribution in [3.63, 3.8) is 0 Å². The summed E-state index contributed by atoms with van der Waals surface area (Å²) in [5, 5.41) is 0. The van der Waals surface area contributed by atoms with Crippen LogP contribution in [0.5, 0.6) is 0 Å². The van der Waals surface area contributed by atoms with Gasteiger partial charge < -0.3 is 9.05 Å². The molecule has 0 aromatic rings. The highest BCUT2D eigenvalue weighted by atomic mass is 31.2. The summed E-state index contributed by atoms with van der Waals surface area (Å²) in [6, 6.07) is 0. The number of hydrogen-bond acceptors (Lipinski definition) is 3. The molecule has 3 nitrogen and oxygen atoms in total. The first-order valence-electron chi connectivity index (χ1n) is 4.58. The van der Waals surface area contributed by atoms with E-state index >= 15 is 0 Å². The zero-order chi connectivity index (χ0) is 11.9. The molecule has 6 heteroatoms. The molecular formula is C9H15F2O3P. The summed E-state index contributed by atoms with van der Waals surface area (Å²) in [6.45, 7) is 4.27. The van der Waals surface area contributed by atoms with Crippen LogP contribution in [0.4, 0.5) is 8.78 Å². The second-order valence-electron chi connectivity index (χ2n) is 2.52. The Hall–Kier alpha value is -0.470. The third-order valence-electron chi connectivity index (χ3n) is 1.39. The molecule has 0 aromatic carbocycles. The third kappa shape index (κ3) is 3.88. The topological polar surface area (TPSA) is 35.5 Å². The summed E-state index contributed by atoms with van der Waals surface area (Å²) >= 11 is 0. The molecule has 0 fully saturated rings. The molecule has 0 unspecified atom stereocenters. The predicted molar refractivity (Wildman–Crippen MR) is 54.1 cm³/mol. The number of hydrogen-bond donors (Lipinski definition) is 0. The van der Waals surface area contributed by atoms with E-state index in [0.717, 1.165) is 0 Å². The Labute approximate surface area is 88.3 Å². The second kappa shape index (κ2) is 6.19. The Balaban J connectivity index is 5.05. The first-order valence-corrected chi connectivity index (χ1v) is 6.13. The van der Waals surface area contributed by atoms with E-state index in [1.807, 2.05) is 0 Å². The van der Waals surface area contributed by atoms with Crippen molar-refractivity contribution in [2.75, 3.05) is 13.2 Å². The van der Waals surface area contributed by atoms with Crippen molar-refractivity contribution >= 4 is 7.60 Å². The number of allylic oxidation sites excluding steroid dienone is 1. The first-order chi connectivity index (χ1) is 6.93. The summed E-state index contributed by atoms with van der Waals surface area (Å²) in [5.41, 5.74) is -1.47. The summed E-state index contributed by atoms with van der Waals surface area (Å²) < 4.78 is 47.5. The van der Waals surface area contributed by atoms with Crippen LogP contribution in [-0.4, -0.2) is 18.9 Å². The molecule has 0 rings (SSSR count). The minimum absolute atomic E-state index is 0.101. The highest BCUT2D eigenvalue weighted by molar-refractivity contribution is 7.55. The lowest BCUT2D eigenvalue weighted by atomic mass is 10.5. The van der Waals surface area contributed by atoms with Gasteiger partial charge in [0.1, 0.15) is 0 Å². The molecule has 0 amide bonds. The number of alkyl halides is 2. The normalized spacial score (nSPS) is 12.1. The molecule has 0 atom stereocenters. The van der Waals surface area contributed by atoms with E-state index in [0.29, 0.717) is 6.08 Å². The van der Waals surface area contributed by atoms with E-state index in [-0.39, 0.29) is 13.2 Å². The van der Waals surface area contributed by atoms with Gasteiger partial charge in [0.25, 0.3) is 0 Å². The Morgan fingerprint density at radius 1 is 1.33 bits per heavy atom. The average molecular weight is 240 g/mol. The molecule has 0 saturated carbocycles. The number of rotatable bonds is 6. The molecule has 0 aromatic heterocycles. The molecule has 0 saturated heterocycles. The van der Waals surface area contributed by atoms with Gasteiger partial charge >= 0.3 is 13.3 Å². The molecule has 0 bridgehead atoms. The lowest BCUT2D eigenvalue weighted by Crippen LogP contribution is -2.17. The molecule has 0 aliphatic heterocycles. The third-order valence-corrected chi connectivity index (χ3v) is 3.44. The second-order valence-corrected chi connectivity index (χ2v) is 4.63. The largest absolute Gasteiger partial charge is 0.404 e. The summed E-state index contributed by atoms with van der Waals surface area (Å²) in [5.74, 6) is 0. The quantitative estimate of drug-likeness (QED) is 0.525. The highest BCUT2D eigenvalue weighted by Crippen LogP contribution is 2.62. The van der Waals surface area contributed by atoms with Crippen LogP contribution in [0.2, 0.25) is 0 Å². The van der Waals surface area contributed by atoms with Gasteiger partial charge in [-0.2, -0.15) is 8.78 Å².